The number of amides is 1. The van der Waals surface area contributed by atoms with Crippen LogP contribution in [0.2, 0.25) is 0 Å². The highest BCUT2D eigenvalue weighted by molar-refractivity contribution is 5.92. The van der Waals surface area contributed by atoms with Crippen molar-refractivity contribution in [3.05, 3.63) is 42.0 Å². The van der Waals surface area contributed by atoms with Crippen molar-refractivity contribution in [3.63, 3.8) is 0 Å². The number of nitrogens with one attached hydrogen (secondary N) is 1. The molecule has 0 aliphatic carbocycles. The van der Waals surface area contributed by atoms with Gasteiger partial charge in [0.2, 0.25) is 0 Å². The van der Waals surface area contributed by atoms with E-state index in [1.165, 1.54) is 6.20 Å². The fourth-order valence-electron chi connectivity index (χ4n) is 2.59. The Hall–Kier alpha value is -2.28. The lowest BCUT2D eigenvalue weighted by molar-refractivity contribution is 0.0772. The third-order valence-corrected chi connectivity index (χ3v) is 3.76. The normalized spacial score (nSPS) is 21.0. The molecule has 0 spiro atoms. The number of hydrogen-bond acceptors (Lipinski definition) is 5. The number of nitrogens with zero attached hydrogens (tertiary/aromatic N) is 4. The second kappa shape index (κ2) is 6.23. The van der Waals surface area contributed by atoms with Crippen molar-refractivity contribution in [2.45, 2.75) is 39.0 Å². The number of ether oxygens (including phenoxy) is 1. The van der Waals surface area contributed by atoms with Crippen molar-refractivity contribution < 1.29 is 9.53 Å². The fourth-order valence-corrected chi connectivity index (χ4v) is 2.59. The van der Waals surface area contributed by atoms with Crippen LogP contribution in [0.4, 0.5) is 0 Å². The number of aromatic nitrogens is 4. The third-order valence-electron chi connectivity index (χ3n) is 3.76. The first kappa shape index (κ1) is 14.6. The van der Waals surface area contributed by atoms with E-state index in [1.807, 2.05) is 17.7 Å². The summed E-state index contributed by atoms with van der Waals surface area (Å²) in [7, 11) is 0. The highest BCUT2D eigenvalue weighted by Crippen LogP contribution is 2.28. The SMILES string of the molecule is CCn1ccnc1[C@H]1OCC[C@@H]1NC(=O)c1cnc(C)cn1. The molecule has 1 N–H and O–H groups in total. The maximum Gasteiger partial charge on any atom is 0.271 e. The molecule has 0 radical (unpaired) electrons. The van der Waals surface area contributed by atoms with Crippen LogP contribution < -0.4 is 5.32 Å². The van der Waals surface area contributed by atoms with Gasteiger partial charge in [-0.05, 0) is 20.3 Å². The maximum absolute atomic E-state index is 12.3. The molecule has 1 saturated heterocycles. The van der Waals surface area contributed by atoms with E-state index in [0.717, 1.165) is 24.5 Å². The molecule has 0 bridgehead atoms. The van der Waals surface area contributed by atoms with Crippen LogP contribution in [0.25, 0.3) is 0 Å². The second-order valence-corrected chi connectivity index (χ2v) is 5.27. The lowest BCUT2D eigenvalue weighted by Gasteiger charge is -2.20. The van der Waals surface area contributed by atoms with Crippen LogP contribution in [0, 0.1) is 6.92 Å². The summed E-state index contributed by atoms with van der Waals surface area (Å²) in [6.45, 7) is 5.31. The van der Waals surface area contributed by atoms with E-state index in [2.05, 4.69) is 27.2 Å². The summed E-state index contributed by atoms with van der Waals surface area (Å²) >= 11 is 0. The van der Waals surface area contributed by atoms with Gasteiger partial charge in [-0.2, -0.15) is 0 Å². The molecule has 2 aromatic rings. The van der Waals surface area contributed by atoms with Crippen LogP contribution >= 0.6 is 0 Å². The van der Waals surface area contributed by atoms with Gasteiger partial charge in [0.1, 0.15) is 17.6 Å². The average molecular weight is 301 g/mol. The molecule has 0 saturated carbocycles. The molecule has 1 aliphatic heterocycles. The van der Waals surface area contributed by atoms with Gasteiger partial charge < -0.3 is 14.6 Å². The van der Waals surface area contributed by atoms with Crippen LogP contribution in [-0.4, -0.2) is 38.1 Å². The minimum Gasteiger partial charge on any atom is -0.368 e. The first-order chi connectivity index (χ1) is 10.7. The van der Waals surface area contributed by atoms with Crippen LogP contribution in [0.3, 0.4) is 0 Å². The number of imidazole rings is 1. The number of aryl methyl sites for hydroxylation is 2. The summed E-state index contributed by atoms with van der Waals surface area (Å²) in [6, 6.07) is -0.108. The molecule has 22 heavy (non-hydrogen) atoms. The highest BCUT2D eigenvalue weighted by Gasteiger charge is 2.34. The Kier molecular flexibility index (Phi) is 4.15. The van der Waals surface area contributed by atoms with Gasteiger partial charge in [-0.1, -0.05) is 0 Å². The molecule has 2 aromatic heterocycles. The summed E-state index contributed by atoms with van der Waals surface area (Å²) in [6.07, 6.45) is 7.28. The van der Waals surface area contributed by atoms with Crippen LogP contribution in [0.15, 0.2) is 24.8 Å². The van der Waals surface area contributed by atoms with Gasteiger partial charge in [0.15, 0.2) is 0 Å². The van der Waals surface area contributed by atoms with Crippen molar-refractivity contribution in [3.8, 4) is 0 Å². The molecule has 1 aliphatic rings. The average Bonchev–Trinajstić information content (AvgIpc) is 3.15. The molecular weight excluding hydrogens is 282 g/mol. The van der Waals surface area contributed by atoms with Gasteiger partial charge in [-0.25, -0.2) is 9.97 Å². The Morgan fingerprint density at radius 3 is 3.00 bits per heavy atom. The van der Waals surface area contributed by atoms with Crippen LogP contribution in [0.1, 0.15) is 41.5 Å². The van der Waals surface area contributed by atoms with Crippen LogP contribution in [-0.2, 0) is 11.3 Å². The summed E-state index contributed by atoms with van der Waals surface area (Å²) in [5.41, 5.74) is 1.10. The highest BCUT2D eigenvalue weighted by atomic mass is 16.5. The van der Waals surface area contributed by atoms with E-state index < -0.39 is 0 Å². The summed E-state index contributed by atoms with van der Waals surface area (Å²) in [4.78, 5) is 24.9. The standard InChI is InChI=1S/C15H19N5O2/c1-3-20-6-5-16-14(20)13-11(4-7-22-13)19-15(21)12-9-17-10(2)8-18-12/h5-6,8-9,11,13H,3-4,7H2,1-2H3,(H,19,21)/t11-,13-/m0/s1. The van der Waals surface area contributed by atoms with Crippen molar-refractivity contribution in [2.75, 3.05) is 6.61 Å². The van der Waals surface area contributed by atoms with E-state index in [0.29, 0.717) is 12.3 Å². The minimum absolute atomic E-state index is 0.108. The van der Waals surface area contributed by atoms with Gasteiger partial charge in [-0.3, -0.25) is 9.78 Å². The molecule has 3 heterocycles. The lowest BCUT2D eigenvalue weighted by atomic mass is 10.1. The van der Waals surface area contributed by atoms with Gasteiger partial charge in [-0.15, -0.1) is 0 Å². The predicted molar refractivity (Wildman–Crippen MR) is 79.2 cm³/mol. The summed E-state index contributed by atoms with van der Waals surface area (Å²) in [5.74, 6) is 0.614. The Morgan fingerprint density at radius 1 is 1.41 bits per heavy atom. The lowest BCUT2D eigenvalue weighted by Crippen LogP contribution is -2.38. The molecule has 0 aromatic carbocycles. The fraction of sp³-hybridized carbons (Fsp3) is 0.467. The molecular formula is C15H19N5O2. The summed E-state index contributed by atoms with van der Waals surface area (Å²) in [5, 5.41) is 2.98. The number of carbonyl (C=O) groups is 1. The number of rotatable bonds is 4. The Labute approximate surface area is 128 Å². The molecule has 7 nitrogen and oxygen atoms in total. The van der Waals surface area contributed by atoms with E-state index in [9.17, 15) is 4.79 Å². The van der Waals surface area contributed by atoms with Crippen molar-refractivity contribution in [1.29, 1.82) is 0 Å². The Balaban J connectivity index is 1.74. The monoisotopic (exact) mass is 301 g/mol. The Bertz CT molecular complexity index is 652. The Morgan fingerprint density at radius 2 is 2.27 bits per heavy atom. The second-order valence-electron chi connectivity index (χ2n) is 5.27. The molecule has 7 heteroatoms. The first-order valence-electron chi connectivity index (χ1n) is 7.41. The van der Waals surface area contributed by atoms with E-state index in [-0.39, 0.29) is 18.1 Å². The van der Waals surface area contributed by atoms with E-state index in [1.54, 1.807) is 12.4 Å². The largest absolute Gasteiger partial charge is 0.368 e. The number of carbonyl (C=O) groups excluding carboxylic acids is 1. The molecule has 1 fully saturated rings. The molecule has 116 valence electrons. The smallest absolute Gasteiger partial charge is 0.271 e. The van der Waals surface area contributed by atoms with Crippen molar-refractivity contribution >= 4 is 5.91 Å². The predicted octanol–water partition coefficient (Wildman–Crippen LogP) is 1.26. The molecule has 0 unspecified atom stereocenters. The van der Waals surface area contributed by atoms with E-state index >= 15 is 0 Å². The molecule has 3 rings (SSSR count). The summed E-state index contributed by atoms with van der Waals surface area (Å²) < 4.78 is 7.80. The van der Waals surface area contributed by atoms with Gasteiger partial charge >= 0.3 is 0 Å². The van der Waals surface area contributed by atoms with Crippen molar-refractivity contribution in [2.24, 2.45) is 0 Å². The van der Waals surface area contributed by atoms with E-state index in [4.69, 9.17) is 4.74 Å². The molecule has 2 atom stereocenters. The third kappa shape index (κ3) is 2.85. The quantitative estimate of drug-likeness (QED) is 0.919. The van der Waals surface area contributed by atoms with Gasteiger partial charge in [0.05, 0.1) is 17.9 Å². The van der Waals surface area contributed by atoms with Crippen LogP contribution in [0.5, 0.6) is 0 Å². The first-order valence-corrected chi connectivity index (χ1v) is 7.41. The number of hydrogen-bond donors (Lipinski definition) is 1. The van der Waals surface area contributed by atoms with Crippen molar-refractivity contribution in [1.82, 2.24) is 24.8 Å². The zero-order chi connectivity index (χ0) is 15.5. The van der Waals surface area contributed by atoms with Gasteiger partial charge in [0, 0.05) is 31.7 Å². The maximum atomic E-state index is 12.3. The minimum atomic E-state index is -0.234. The molecule has 1 amide bonds. The topological polar surface area (TPSA) is 81.9 Å². The zero-order valence-electron chi connectivity index (χ0n) is 12.7. The van der Waals surface area contributed by atoms with Gasteiger partial charge in [0.25, 0.3) is 5.91 Å². The zero-order valence-corrected chi connectivity index (χ0v) is 12.7.